The van der Waals surface area contributed by atoms with Gasteiger partial charge in [0.1, 0.15) is 5.82 Å². The third-order valence-corrected chi connectivity index (χ3v) is 5.99. The second-order valence-electron chi connectivity index (χ2n) is 8.21. The van der Waals surface area contributed by atoms with Crippen LogP contribution < -0.4 is 16.6 Å². The average Bonchev–Trinajstić information content (AvgIpc) is 3.07. The summed E-state index contributed by atoms with van der Waals surface area (Å²) in [6, 6.07) is 0. The molecule has 10 nitrogen and oxygen atoms in total. The number of methoxy groups -OCH3 is 1. The van der Waals surface area contributed by atoms with Gasteiger partial charge in [-0.3, -0.25) is 24.0 Å². The SMILES string of the molecule is CCCCn1c(=O)[nH]c(=O)c2c1nc(CN1CCC(C(=O)NCCCOC)CC1)n2C. The van der Waals surface area contributed by atoms with Crippen molar-refractivity contribution in [2.75, 3.05) is 33.4 Å². The number of carbonyl (C=O) groups excluding carboxylic acids is 1. The Hall–Kier alpha value is -2.46. The summed E-state index contributed by atoms with van der Waals surface area (Å²) in [5, 5.41) is 2.99. The molecule has 172 valence electrons. The summed E-state index contributed by atoms with van der Waals surface area (Å²) in [6.45, 7) is 6.03. The van der Waals surface area contributed by atoms with E-state index in [9.17, 15) is 14.4 Å². The van der Waals surface area contributed by atoms with Gasteiger partial charge in [-0.25, -0.2) is 9.78 Å². The highest BCUT2D eigenvalue weighted by Gasteiger charge is 2.26. The van der Waals surface area contributed by atoms with E-state index in [-0.39, 0.29) is 11.8 Å². The molecule has 0 unspecified atom stereocenters. The fourth-order valence-electron chi connectivity index (χ4n) is 4.08. The van der Waals surface area contributed by atoms with E-state index in [2.05, 4.69) is 27.1 Å². The van der Waals surface area contributed by atoms with Gasteiger partial charge in [0, 0.05) is 39.8 Å². The average molecular weight is 435 g/mol. The number of ether oxygens (including phenoxy) is 1. The first-order valence-corrected chi connectivity index (χ1v) is 11.1. The molecule has 1 fully saturated rings. The number of aryl methyl sites for hydroxylation is 2. The molecule has 0 aromatic carbocycles. The number of carbonyl (C=O) groups is 1. The lowest BCUT2D eigenvalue weighted by Gasteiger charge is -2.30. The number of piperidine rings is 1. The topological polar surface area (TPSA) is 114 Å². The molecule has 0 spiro atoms. The van der Waals surface area contributed by atoms with Gasteiger partial charge in [-0.1, -0.05) is 13.3 Å². The van der Waals surface area contributed by atoms with Crippen LogP contribution in [0, 0.1) is 5.92 Å². The Kier molecular flexibility index (Phi) is 8.03. The quantitative estimate of drug-likeness (QED) is 0.529. The van der Waals surface area contributed by atoms with Crippen molar-refractivity contribution in [1.82, 2.24) is 29.3 Å². The number of aromatic amines is 1. The molecule has 2 aromatic heterocycles. The lowest BCUT2D eigenvalue weighted by Crippen LogP contribution is -2.40. The molecule has 0 saturated carbocycles. The highest BCUT2D eigenvalue weighted by atomic mass is 16.5. The van der Waals surface area contributed by atoms with E-state index in [4.69, 9.17) is 4.74 Å². The lowest BCUT2D eigenvalue weighted by molar-refractivity contribution is -0.126. The molecular weight excluding hydrogens is 400 g/mol. The normalized spacial score (nSPS) is 15.6. The van der Waals surface area contributed by atoms with Crippen LogP contribution in [0.4, 0.5) is 0 Å². The highest BCUT2D eigenvalue weighted by Crippen LogP contribution is 2.20. The largest absolute Gasteiger partial charge is 0.385 e. The Morgan fingerprint density at radius 3 is 2.68 bits per heavy atom. The molecule has 0 atom stereocenters. The van der Waals surface area contributed by atoms with Crippen molar-refractivity contribution in [1.29, 1.82) is 0 Å². The van der Waals surface area contributed by atoms with Crippen molar-refractivity contribution in [2.45, 2.75) is 52.1 Å². The first kappa shape index (κ1) is 23.2. The van der Waals surface area contributed by atoms with E-state index >= 15 is 0 Å². The number of nitrogens with zero attached hydrogens (tertiary/aromatic N) is 4. The molecule has 0 aliphatic carbocycles. The molecule has 1 aliphatic heterocycles. The van der Waals surface area contributed by atoms with E-state index < -0.39 is 11.2 Å². The molecule has 0 radical (unpaired) electrons. The Labute approximate surface area is 181 Å². The minimum absolute atomic E-state index is 0.0290. The molecule has 10 heteroatoms. The van der Waals surface area contributed by atoms with E-state index in [1.54, 1.807) is 16.2 Å². The second-order valence-corrected chi connectivity index (χ2v) is 8.21. The van der Waals surface area contributed by atoms with Gasteiger partial charge in [0.25, 0.3) is 5.56 Å². The second kappa shape index (κ2) is 10.7. The van der Waals surface area contributed by atoms with Crippen molar-refractivity contribution in [3.8, 4) is 0 Å². The zero-order chi connectivity index (χ0) is 22.4. The monoisotopic (exact) mass is 434 g/mol. The first-order valence-electron chi connectivity index (χ1n) is 11.1. The molecule has 2 aromatic rings. The molecule has 2 N–H and O–H groups in total. The molecule has 31 heavy (non-hydrogen) atoms. The molecule has 3 rings (SSSR count). The fraction of sp³-hybridized carbons (Fsp3) is 0.714. The fourth-order valence-corrected chi connectivity index (χ4v) is 4.08. The van der Waals surface area contributed by atoms with Gasteiger partial charge in [-0.2, -0.15) is 0 Å². The van der Waals surface area contributed by atoms with Gasteiger partial charge in [0.05, 0.1) is 6.54 Å². The van der Waals surface area contributed by atoms with Crippen LogP contribution in [0.15, 0.2) is 9.59 Å². The zero-order valence-electron chi connectivity index (χ0n) is 18.8. The summed E-state index contributed by atoms with van der Waals surface area (Å²) in [5.41, 5.74) is 0.0619. The summed E-state index contributed by atoms with van der Waals surface area (Å²) in [6.07, 6.45) is 4.19. The van der Waals surface area contributed by atoms with Gasteiger partial charge in [-0.05, 0) is 38.8 Å². The van der Waals surface area contributed by atoms with E-state index in [0.29, 0.717) is 37.4 Å². The highest BCUT2D eigenvalue weighted by molar-refractivity contribution is 5.78. The number of hydrogen-bond acceptors (Lipinski definition) is 6. The van der Waals surface area contributed by atoms with Crippen LogP contribution in [0.2, 0.25) is 0 Å². The Morgan fingerprint density at radius 2 is 2.00 bits per heavy atom. The van der Waals surface area contributed by atoms with Crippen molar-refractivity contribution in [3.63, 3.8) is 0 Å². The number of rotatable bonds is 10. The van der Waals surface area contributed by atoms with Crippen LogP contribution in [-0.2, 0) is 29.7 Å². The van der Waals surface area contributed by atoms with E-state index in [0.717, 1.165) is 51.0 Å². The summed E-state index contributed by atoms with van der Waals surface area (Å²) >= 11 is 0. The first-order chi connectivity index (χ1) is 15.0. The number of aromatic nitrogens is 4. The smallest absolute Gasteiger partial charge is 0.330 e. The van der Waals surface area contributed by atoms with Gasteiger partial charge < -0.3 is 14.6 Å². The number of amides is 1. The number of likely N-dealkylation sites (tertiary alicyclic amines) is 1. The van der Waals surface area contributed by atoms with Gasteiger partial charge in [-0.15, -0.1) is 0 Å². The van der Waals surface area contributed by atoms with Crippen LogP contribution in [0.3, 0.4) is 0 Å². The van der Waals surface area contributed by atoms with Gasteiger partial charge in [0.2, 0.25) is 5.91 Å². The molecule has 0 bridgehead atoms. The molecular formula is C21H34N6O4. The summed E-state index contributed by atoms with van der Waals surface area (Å²) in [4.78, 5) is 46.4. The predicted molar refractivity (Wildman–Crippen MR) is 118 cm³/mol. The van der Waals surface area contributed by atoms with Crippen molar-refractivity contribution in [3.05, 3.63) is 26.7 Å². The number of H-pyrrole nitrogens is 1. The van der Waals surface area contributed by atoms with E-state index in [1.807, 2.05) is 7.05 Å². The molecule has 1 saturated heterocycles. The van der Waals surface area contributed by atoms with Crippen molar-refractivity contribution in [2.24, 2.45) is 13.0 Å². The third-order valence-electron chi connectivity index (χ3n) is 5.99. The van der Waals surface area contributed by atoms with E-state index in [1.165, 1.54) is 0 Å². The lowest BCUT2D eigenvalue weighted by atomic mass is 9.96. The number of imidazole rings is 1. The van der Waals surface area contributed by atoms with Gasteiger partial charge in [0.15, 0.2) is 11.2 Å². The van der Waals surface area contributed by atoms with Crippen LogP contribution in [0.5, 0.6) is 0 Å². The van der Waals surface area contributed by atoms with Crippen molar-refractivity contribution >= 4 is 17.1 Å². The Morgan fingerprint density at radius 1 is 1.26 bits per heavy atom. The predicted octanol–water partition coefficient (Wildman–Crippen LogP) is 0.588. The maximum absolute atomic E-state index is 12.4. The summed E-state index contributed by atoms with van der Waals surface area (Å²) in [7, 11) is 3.47. The summed E-state index contributed by atoms with van der Waals surface area (Å²) in [5.74, 6) is 0.894. The minimum Gasteiger partial charge on any atom is -0.385 e. The van der Waals surface area contributed by atoms with Gasteiger partial charge >= 0.3 is 5.69 Å². The number of unbranched alkanes of at least 4 members (excludes halogenated alkanes) is 1. The zero-order valence-corrected chi connectivity index (χ0v) is 18.8. The van der Waals surface area contributed by atoms with Crippen LogP contribution >= 0.6 is 0 Å². The molecule has 1 aliphatic rings. The Bertz CT molecular complexity index is 1000. The maximum atomic E-state index is 12.4. The van der Waals surface area contributed by atoms with Crippen molar-refractivity contribution < 1.29 is 9.53 Å². The van der Waals surface area contributed by atoms with Crippen LogP contribution in [0.25, 0.3) is 11.2 Å². The standard InChI is InChI=1S/C21H34N6O4/c1-4-5-10-27-18-17(20(29)24-21(27)30)25(2)16(23-18)14-26-11-7-15(8-12-26)19(28)22-9-6-13-31-3/h15H,4-14H2,1-3H3,(H,22,28)(H,24,29,30). The minimum atomic E-state index is -0.409. The number of nitrogens with one attached hydrogen (secondary N) is 2. The maximum Gasteiger partial charge on any atom is 0.330 e. The summed E-state index contributed by atoms with van der Waals surface area (Å²) < 4.78 is 8.35. The number of hydrogen-bond donors (Lipinski definition) is 2. The third kappa shape index (κ3) is 5.43. The molecule has 3 heterocycles. The van der Waals surface area contributed by atoms with Crippen LogP contribution in [0.1, 0.15) is 44.9 Å². The number of fused-ring (bicyclic) bond motifs is 1. The molecule has 1 amide bonds. The Balaban J connectivity index is 1.66. The van der Waals surface area contributed by atoms with Crippen LogP contribution in [-0.4, -0.2) is 63.3 Å².